The third kappa shape index (κ3) is 3.69. The molecular weight excluding hydrogens is 252 g/mol. The van der Waals surface area contributed by atoms with Crippen LogP contribution in [0, 0.1) is 18.6 Å². The minimum absolute atomic E-state index is 0.232. The van der Waals surface area contributed by atoms with Gasteiger partial charge in [0.25, 0.3) is 0 Å². The van der Waals surface area contributed by atoms with E-state index < -0.39 is 11.6 Å². The second kappa shape index (κ2) is 5.71. The second-order valence-corrected chi connectivity index (χ2v) is 4.10. The van der Waals surface area contributed by atoms with E-state index in [4.69, 9.17) is 5.11 Å². The van der Waals surface area contributed by atoms with Gasteiger partial charge in [-0.2, -0.15) is 0 Å². The monoisotopic (exact) mass is 265 g/mol. The average Bonchev–Trinajstić information content (AvgIpc) is 2.34. The number of nitrogens with zero attached hydrogens (tertiary/aromatic N) is 2. The van der Waals surface area contributed by atoms with Gasteiger partial charge in [0.15, 0.2) is 5.82 Å². The second-order valence-electron chi connectivity index (χ2n) is 4.10. The number of rotatable bonds is 4. The number of aliphatic hydroxyl groups excluding tert-OH is 1. The summed E-state index contributed by atoms with van der Waals surface area (Å²) in [6.07, 6.45) is 0. The van der Waals surface area contributed by atoms with E-state index >= 15 is 0 Å². The van der Waals surface area contributed by atoms with Gasteiger partial charge >= 0.3 is 0 Å². The van der Waals surface area contributed by atoms with Crippen molar-refractivity contribution in [3.63, 3.8) is 0 Å². The van der Waals surface area contributed by atoms with Crippen LogP contribution in [-0.4, -0.2) is 15.1 Å². The van der Waals surface area contributed by atoms with E-state index in [1.54, 1.807) is 13.0 Å². The van der Waals surface area contributed by atoms with Crippen LogP contribution in [0.15, 0.2) is 24.3 Å². The van der Waals surface area contributed by atoms with Crippen molar-refractivity contribution in [1.82, 2.24) is 9.97 Å². The summed E-state index contributed by atoms with van der Waals surface area (Å²) in [4.78, 5) is 8.07. The van der Waals surface area contributed by atoms with Crippen molar-refractivity contribution in [3.8, 4) is 0 Å². The Labute approximate surface area is 109 Å². The zero-order valence-electron chi connectivity index (χ0n) is 10.3. The molecule has 1 heterocycles. The van der Waals surface area contributed by atoms with Gasteiger partial charge in [-0.15, -0.1) is 0 Å². The SMILES string of the molecule is Cc1cc(NCc2cc(F)cc(F)c2)nc(CO)n1. The number of anilines is 1. The Balaban J connectivity index is 2.11. The summed E-state index contributed by atoms with van der Waals surface area (Å²) in [7, 11) is 0. The number of aliphatic hydroxyl groups is 1. The van der Waals surface area contributed by atoms with Crippen LogP contribution < -0.4 is 5.32 Å². The van der Waals surface area contributed by atoms with E-state index in [1.165, 1.54) is 12.1 Å². The molecule has 2 rings (SSSR count). The molecule has 0 spiro atoms. The molecule has 1 aromatic carbocycles. The average molecular weight is 265 g/mol. The molecular formula is C13H13F2N3O. The van der Waals surface area contributed by atoms with Crippen LogP contribution in [0.25, 0.3) is 0 Å². The minimum Gasteiger partial charge on any atom is -0.388 e. The Morgan fingerprint density at radius 1 is 1.11 bits per heavy atom. The van der Waals surface area contributed by atoms with Crippen molar-refractivity contribution in [2.75, 3.05) is 5.32 Å². The van der Waals surface area contributed by atoms with Gasteiger partial charge in [0.1, 0.15) is 24.1 Å². The summed E-state index contributed by atoms with van der Waals surface area (Å²) < 4.78 is 26.0. The molecule has 6 heteroatoms. The lowest BCUT2D eigenvalue weighted by molar-refractivity contribution is 0.271. The first-order chi connectivity index (χ1) is 9.06. The number of hydrogen-bond acceptors (Lipinski definition) is 4. The van der Waals surface area contributed by atoms with Gasteiger partial charge in [-0.1, -0.05) is 0 Å². The maximum Gasteiger partial charge on any atom is 0.156 e. The van der Waals surface area contributed by atoms with Crippen LogP contribution in [0.3, 0.4) is 0 Å². The lowest BCUT2D eigenvalue weighted by Crippen LogP contribution is -2.06. The van der Waals surface area contributed by atoms with Crippen molar-refractivity contribution in [3.05, 3.63) is 53.0 Å². The maximum absolute atomic E-state index is 13.0. The molecule has 19 heavy (non-hydrogen) atoms. The highest BCUT2D eigenvalue weighted by molar-refractivity contribution is 5.37. The van der Waals surface area contributed by atoms with Crippen LogP contribution >= 0.6 is 0 Å². The molecule has 1 aromatic heterocycles. The van der Waals surface area contributed by atoms with Crippen LogP contribution in [0.2, 0.25) is 0 Å². The Hall–Kier alpha value is -2.08. The fourth-order valence-electron chi connectivity index (χ4n) is 1.70. The first-order valence-corrected chi connectivity index (χ1v) is 5.71. The van der Waals surface area contributed by atoms with Crippen LogP contribution in [0.5, 0.6) is 0 Å². The van der Waals surface area contributed by atoms with Gasteiger partial charge in [0, 0.05) is 24.4 Å². The van der Waals surface area contributed by atoms with E-state index in [0.29, 0.717) is 22.9 Å². The predicted octanol–water partition coefficient (Wildman–Crippen LogP) is 2.17. The fourth-order valence-corrected chi connectivity index (χ4v) is 1.70. The maximum atomic E-state index is 13.0. The molecule has 0 amide bonds. The molecule has 2 aromatic rings. The largest absolute Gasteiger partial charge is 0.388 e. The molecule has 0 aliphatic rings. The summed E-state index contributed by atoms with van der Waals surface area (Å²) in [6, 6.07) is 5.01. The molecule has 0 unspecified atom stereocenters. The molecule has 0 aliphatic carbocycles. The summed E-state index contributed by atoms with van der Waals surface area (Å²) >= 11 is 0. The highest BCUT2D eigenvalue weighted by Gasteiger charge is 2.03. The molecule has 2 N–H and O–H groups in total. The van der Waals surface area contributed by atoms with E-state index in [0.717, 1.165) is 6.07 Å². The number of aromatic nitrogens is 2. The van der Waals surface area contributed by atoms with Crippen LogP contribution in [-0.2, 0) is 13.2 Å². The smallest absolute Gasteiger partial charge is 0.156 e. The quantitative estimate of drug-likeness (QED) is 0.889. The highest BCUT2D eigenvalue weighted by Crippen LogP contribution is 2.11. The number of hydrogen-bond donors (Lipinski definition) is 2. The number of benzene rings is 1. The molecule has 0 fully saturated rings. The molecule has 0 aliphatic heterocycles. The molecule has 0 saturated heterocycles. The third-order valence-electron chi connectivity index (χ3n) is 2.44. The van der Waals surface area contributed by atoms with Gasteiger partial charge in [-0.05, 0) is 24.6 Å². The van der Waals surface area contributed by atoms with Gasteiger partial charge < -0.3 is 10.4 Å². The first kappa shape index (κ1) is 13.4. The Kier molecular flexibility index (Phi) is 4.01. The van der Waals surface area contributed by atoms with Gasteiger partial charge in [-0.25, -0.2) is 18.7 Å². The van der Waals surface area contributed by atoms with Crippen molar-refractivity contribution >= 4 is 5.82 Å². The molecule has 0 atom stereocenters. The van der Waals surface area contributed by atoms with Crippen molar-refractivity contribution in [2.45, 2.75) is 20.1 Å². The Morgan fingerprint density at radius 2 is 1.79 bits per heavy atom. The zero-order valence-corrected chi connectivity index (χ0v) is 10.3. The van der Waals surface area contributed by atoms with Crippen molar-refractivity contribution < 1.29 is 13.9 Å². The predicted molar refractivity (Wildman–Crippen MR) is 66.4 cm³/mol. The van der Waals surface area contributed by atoms with Crippen molar-refractivity contribution in [1.29, 1.82) is 0 Å². The molecule has 100 valence electrons. The molecule has 0 radical (unpaired) electrons. The van der Waals surface area contributed by atoms with E-state index in [-0.39, 0.29) is 13.2 Å². The molecule has 4 nitrogen and oxygen atoms in total. The van der Waals surface area contributed by atoms with Crippen LogP contribution in [0.1, 0.15) is 17.1 Å². The summed E-state index contributed by atoms with van der Waals surface area (Å²) in [6.45, 7) is 1.74. The van der Waals surface area contributed by atoms with E-state index in [2.05, 4.69) is 15.3 Å². The number of nitrogens with one attached hydrogen (secondary N) is 1. The van der Waals surface area contributed by atoms with E-state index in [1.807, 2.05) is 0 Å². The van der Waals surface area contributed by atoms with E-state index in [9.17, 15) is 8.78 Å². The Morgan fingerprint density at radius 3 is 2.42 bits per heavy atom. The van der Waals surface area contributed by atoms with Gasteiger partial charge in [0.05, 0.1) is 0 Å². The standard InChI is InChI=1S/C13H13F2N3O/c1-8-2-12(18-13(7-19)17-8)16-6-9-3-10(14)5-11(15)4-9/h2-5,19H,6-7H2,1H3,(H,16,17,18). The fraction of sp³-hybridized carbons (Fsp3) is 0.231. The Bertz CT molecular complexity index is 570. The van der Waals surface area contributed by atoms with Crippen molar-refractivity contribution in [2.24, 2.45) is 0 Å². The first-order valence-electron chi connectivity index (χ1n) is 5.71. The summed E-state index contributed by atoms with van der Waals surface area (Å²) in [5, 5.41) is 11.9. The van der Waals surface area contributed by atoms with Gasteiger partial charge in [0.2, 0.25) is 0 Å². The highest BCUT2D eigenvalue weighted by atomic mass is 19.1. The topological polar surface area (TPSA) is 58.0 Å². The third-order valence-corrected chi connectivity index (χ3v) is 2.44. The normalized spacial score (nSPS) is 10.5. The van der Waals surface area contributed by atoms with Crippen LogP contribution in [0.4, 0.5) is 14.6 Å². The zero-order chi connectivity index (χ0) is 13.8. The van der Waals surface area contributed by atoms with Gasteiger partial charge in [-0.3, -0.25) is 0 Å². The summed E-state index contributed by atoms with van der Waals surface area (Å²) in [5.41, 5.74) is 1.17. The molecule has 0 saturated carbocycles. The summed E-state index contributed by atoms with van der Waals surface area (Å²) in [5.74, 6) is -0.437. The molecule has 0 bridgehead atoms. The lowest BCUT2D eigenvalue weighted by Gasteiger charge is -2.08. The number of halogens is 2. The minimum atomic E-state index is -0.619. The lowest BCUT2D eigenvalue weighted by atomic mass is 10.2. The number of aryl methyl sites for hydroxylation is 1.